The molecule has 2 aromatic heterocycles. The van der Waals surface area contributed by atoms with E-state index in [4.69, 9.17) is 0 Å². The molecule has 1 N–H and O–H groups in total. The summed E-state index contributed by atoms with van der Waals surface area (Å²) in [5, 5.41) is 5.45. The number of hydrogen-bond acceptors (Lipinski definition) is 4. The molecule has 6 rings (SSSR count). The molecule has 4 nitrogen and oxygen atoms in total. The molecular formula is C24H24BrN3OS. The topological polar surface area (TPSA) is 45.2 Å². The number of pyridine rings is 1. The number of piperidine rings is 3. The number of nitrogens with zero attached hydrogens (tertiary/aromatic N) is 2. The molecule has 0 radical (unpaired) electrons. The number of carbonyl (C=O) groups excluding carboxylic acids is 1. The van der Waals surface area contributed by atoms with Crippen LogP contribution in [0.25, 0.3) is 11.1 Å². The molecule has 2 atom stereocenters. The van der Waals surface area contributed by atoms with Gasteiger partial charge in [-0.25, -0.2) is 0 Å². The molecule has 0 aliphatic carbocycles. The predicted molar refractivity (Wildman–Crippen MR) is 125 cm³/mol. The highest BCUT2D eigenvalue weighted by Gasteiger charge is 2.43. The number of carbonyl (C=O) groups is 1. The standard InChI is InChI=1S/C24H24BrN3OS/c25-19-5-1-4-18(14-19)20-8-12-30-23(20)24(29)27-22-17-6-10-28(11-7-17)21(22)13-16-3-2-9-26-15-16/h1-5,8-9,12,14-15,17,21-22H,6-7,10-11,13H2,(H,27,29). The number of nitrogens with one attached hydrogen (secondary N) is 1. The van der Waals surface area contributed by atoms with Gasteiger partial charge < -0.3 is 5.32 Å². The maximum Gasteiger partial charge on any atom is 0.262 e. The largest absolute Gasteiger partial charge is 0.347 e. The molecule has 0 spiro atoms. The van der Waals surface area contributed by atoms with Crippen LogP contribution in [-0.2, 0) is 6.42 Å². The average Bonchev–Trinajstić information content (AvgIpc) is 3.27. The third kappa shape index (κ3) is 3.96. The minimum Gasteiger partial charge on any atom is -0.347 e. The van der Waals surface area contributed by atoms with Crippen molar-refractivity contribution in [3.8, 4) is 11.1 Å². The predicted octanol–water partition coefficient (Wildman–Crippen LogP) is 5.01. The SMILES string of the molecule is O=C(NC1C2CCN(CC2)C1Cc1cccnc1)c1sccc1-c1cccc(Br)c1. The van der Waals surface area contributed by atoms with E-state index in [9.17, 15) is 4.79 Å². The number of halogens is 1. The van der Waals surface area contributed by atoms with E-state index in [1.54, 1.807) is 0 Å². The molecule has 3 aliphatic rings. The first-order valence-corrected chi connectivity index (χ1v) is 12.1. The Morgan fingerprint density at radius 1 is 1.20 bits per heavy atom. The van der Waals surface area contributed by atoms with Crippen LogP contribution in [0.5, 0.6) is 0 Å². The van der Waals surface area contributed by atoms with Gasteiger partial charge in [0.15, 0.2) is 0 Å². The molecule has 5 heterocycles. The van der Waals surface area contributed by atoms with E-state index in [0.29, 0.717) is 12.0 Å². The van der Waals surface area contributed by atoms with Crippen LogP contribution >= 0.6 is 27.3 Å². The van der Waals surface area contributed by atoms with Gasteiger partial charge in [0.2, 0.25) is 0 Å². The highest BCUT2D eigenvalue weighted by atomic mass is 79.9. The van der Waals surface area contributed by atoms with Gasteiger partial charge in [-0.05, 0) is 79.0 Å². The van der Waals surface area contributed by atoms with Gasteiger partial charge in [-0.2, -0.15) is 0 Å². The highest BCUT2D eigenvalue weighted by molar-refractivity contribution is 9.10. The molecule has 3 fully saturated rings. The molecular weight excluding hydrogens is 458 g/mol. The van der Waals surface area contributed by atoms with Crippen molar-refractivity contribution in [2.45, 2.75) is 31.3 Å². The Morgan fingerprint density at radius 2 is 2.07 bits per heavy atom. The number of aromatic nitrogens is 1. The van der Waals surface area contributed by atoms with Crippen LogP contribution < -0.4 is 5.32 Å². The van der Waals surface area contributed by atoms with Crippen LogP contribution in [0.2, 0.25) is 0 Å². The van der Waals surface area contributed by atoms with Crippen molar-refractivity contribution in [3.63, 3.8) is 0 Å². The summed E-state index contributed by atoms with van der Waals surface area (Å²) in [5.41, 5.74) is 3.31. The van der Waals surface area contributed by atoms with Gasteiger partial charge in [-0.1, -0.05) is 34.1 Å². The number of thiophene rings is 1. The minimum absolute atomic E-state index is 0.0508. The molecule has 2 bridgehead atoms. The van der Waals surface area contributed by atoms with Crippen molar-refractivity contribution in [1.82, 2.24) is 15.2 Å². The van der Waals surface area contributed by atoms with E-state index >= 15 is 0 Å². The lowest BCUT2D eigenvalue weighted by atomic mass is 9.76. The van der Waals surface area contributed by atoms with Gasteiger partial charge in [-0.15, -0.1) is 11.3 Å². The fraction of sp³-hybridized carbons (Fsp3) is 0.333. The normalized spacial score (nSPS) is 25.2. The van der Waals surface area contributed by atoms with Gasteiger partial charge in [0.1, 0.15) is 0 Å². The monoisotopic (exact) mass is 481 g/mol. The van der Waals surface area contributed by atoms with E-state index in [-0.39, 0.29) is 11.9 Å². The minimum atomic E-state index is 0.0508. The fourth-order valence-corrected chi connectivity index (χ4v) is 6.19. The second kappa shape index (κ2) is 8.61. The molecule has 1 aromatic carbocycles. The summed E-state index contributed by atoms with van der Waals surface area (Å²) in [6.45, 7) is 2.26. The van der Waals surface area contributed by atoms with Crippen molar-refractivity contribution in [1.29, 1.82) is 0 Å². The fourth-order valence-electron chi connectivity index (χ4n) is 4.97. The lowest BCUT2D eigenvalue weighted by Crippen LogP contribution is -2.64. The summed E-state index contributed by atoms with van der Waals surface area (Å²) in [7, 11) is 0. The molecule has 1 amide bonds. The van der Waals surface area contributed by atoms with Crippen molar-refractivity contribution in [2.24, 2.45) is 5.92 Å². The first-order valence-electron chi connectivity index (χ1n) is 10.5. The molecule has 3 saturated heterocycles. The molecule has 3 aliphatic heterocycles. The quantitative estimate of drug-likeness (QED) is 0.556. The summed E-state index contributed by atoms with van der Waals surface area (Å²) < 4.78 is 1.02. The third-order valence-electron chi connectivity index (χ3n) is 6.44. The van der Waals surface area contributed by atoms with E-state index in [2.05, 4.69) is 49.3 Å². The first kappa shape index (κ1) is 19.9. The number of fused-ring (bicyclic) bond motifs is 3. The smallest absolute Gasteiger partial charge is 0.262 e. The Labute approximate surface area is 189 Å². The van der Waals surface area contributed by atoms with Gasteiger partial charge in [0.05, 0.1) is 4.88 Å². The Balaban J connectivity index is 1.39. The molecule has 6 heteroatoms. The summed E-state index contributed by atoms with van der Waals surface area (Å²) in [5.74, 6) is 0.602. The Morgan fingerprint density at radius 3 is 2.83 bits per heavy atom. The molecule has 30 heavy (non-hydrogen) atoms. The van der Waals surface area contributed by atoms with Gasteiger partial charge in [0, 0.05) is 34.5 Å². The maximum atomic E-state index is 13.4. The zero-order valence-corrected chi connectivity index (χ0v) is 19.0. The van der Waals surface area contributed by atoms with Crippen LogP contribution in [0, 0.1) is 5.92 Å². The molecule has 0 saturated carbocycles. The van der Waals surface area contributed by atoms with Crippen LogP contribution in [0.3, 0.4) is 0 Å². The molecule has 2 unspecified atom stereocenters. The lowest BCUT2D eigenvalue weighted by molar-refractivity contribution is 0.0137. The van der Waals surface area contributed by atoms with Gasteiger partial charge >= 0.3 is 0 Å². The van der Waals surface area contributed by atoms with Crippen LogP contribution in [-0.4, -0.2) is 41.0 Å². The number of rotatable bonds is 5. The number of amides is 1. The number of benzene rings is 1. The van der Waals surface area contributed by atoms with E-state index in [1.165, 1.54) is 16.9 Å². The van der Waals surface area contributed by atoms with Crippen LogP contribution in [0.15, 0.2) is 64.7 Å². The van der Waals surface area contributed by atoms with Crippen LogP contribution in [0.1, 0.15) is 28.1 Å². The average molecular weight is 482 g/mol. The van der Waals surface area contributed by atoms with Gasteiger partial charge in [0.25, 0.3) is 5.91 Å². The Bertz CT molecular complexity index is 1030. The van der Waals surface area contributed by atoms with Crippen molar-refractivity contribution in [2.75, 3.05) is 13.1 Å². The Hall–Kier alpha value is -2.02. The third-order valence-corrected chi connectivity index (χ3v) is 7.84. The zero-order chi connectivity index (χ0) is 20.5. The second-order valence-corrected chi connectivity index (χ2v) is 10.0. The Kier molecular flexibility index (Phi) is 5.72. The number of hydrogen-bond donors (Lipinski definition) is 1. The first-order chi connectivity index (χ1) is 14.7. The summed E-state index contributed by atoms with van der Waals surface area (Å²) in [6.07, 6.45) is 7.02. The highest BCUT2D eigenvalue weighted by Crippen LogP contribution is 2.35. The summed E-state index contributed by atoms with van der Waals surface area (Å²) in [4.78, 5) is 21.0. The van der Waals surface area contributed by atoms with Crippen molar-refractivity contribution < 1.29 is 4.79 Å². The lowest BCUT2D eigenvalue weighted by Gasteiger charge is -2.51. The van der Waals surface area contributed by atoms with Crippen molar-refractivity contribution in [3.05, 3.63) is 75.2 Å². The van der Waals surface area contributed by atoms with E-state index in [0.717, 1.165) is 52.8 Å². The molecule has 154 valence electrons. The zero-order valence-electron chi connectivity index (χ0n) is 16.6. The second-order valence-electron chi connectivity index (χ2n) is 8.18. The van der Waals surface area contributed by atoms with Gasteiger partial charge in [-0.3, -0.25) is 14.7 Å². The maximum absolute atomic E-state index is 13.4. The molecule has 3 aromatic rings. The van der Waals surface area contributed by atoms with Crippen molar-refractivity contribution >= 4 is 33.2 Å². The van der Waals surface area contributed by atoms with E-state index in [1.807, 2.05) is 42.0 Å². The van der Waals surface area contributed by atoms with E-state index < -0.39 is 0 Å². The summed E-state index contributed by atoms with van der Waals surface area (Å²) >= 11 is 5.06. The summed E-state index contributed by atoms with van der Waals surface area (Å²) in [6, 6.07) is 14.8. The van der Waals surface area contributed by atoms with Crippen LogP contribution in [0.4, 0.5) is 0 Å².